The molecule has 7 heteroatoms. The van der Waals surface area contributed by atoms with Crippen molar-refractivity contribution in [2.75, 3.05) is 5.32 Å². The number of nitrogens with one attached hydrogen (secondary N) is 1. The zero-order valence-electron chi connectivity index (χ0n) is 9.87. The molecule has 1 amide bonds. The Morgan fingerprint density at radius 1 is 1.56 bits per heavy atom. The molecule has 0 unspecified atom stereocenters. The minimum atomic E-state index is -1.25. The van der Waals surface area contributed by atoms with Crippen molar-refractivity contribution >= 4 is 33.4 Å². The number of para-hydroxylation sites is 1. The average Bonchev–Trinajstić information content (AvgIpc) is 2.32. The Balaban J connectivity index is 3.02. The van der Waals surface area contributed by atoms with E-state index in [1.807, 2.05) is 0 Å². The van der Waals surface area contributed by atoms with E-state index in [9.17, 15) is 9.18 Å². The van der Waals surface area contributed by atoms with E-state index >= 15 is 0 Å². The van der Waals surface area contributed by atoms with E-state index in [0.717, 1.165) is 0 Å². The number of halogens is 2. The van der Waals surface area contributed by atoms with Gasteiger partial charge >= 0.3 is 0 Å². The first-order valence-electron chi connectivity index (χ1n) is 5.04. The monoisotopic (exact) mass is 317 g/mol. The van der Waals surface area contributed by atoms with Crippen molar-refractivity contribution in [3.8, 4) is 0 Å². The number of hydrogen-bond acceptors (Lipinski definition) is 3. The lowest BCUT2D eigenvalue weighted by atomic mass is 9.91. The maximum Gasteiger partial charge on any atom is 0.237 e. The fourth-order valence-electron chi connectivity index (χ4n) is 1.13. The molecule has 0 fully saturated rings. The SMILES string of the molecule is CC(C)(C(=O)Nc1c(F)cccc1Br)/C(N)=N/O. The summed E-state index contributed by atoms with van der Waals surface area (Å²) in [6.45, 7) is 2.93. The van der Waals surface area contributed by atoms with E-state index in [2.05, 4.69) is 26.4 Å². The highest BCUT2D eigenvalue weighted by atomic mass is 79.9. The Bertz CT molecular complexity index is 483. The van der Waals surface area contributed by atoms with Crippen molar-refractivity contribution in [1.29, 1.82) is 0 Å². The van der Waals surface area contributed by atoms with E-state index in [0.29, 0.717) is 4.47 Å². The first kappa shape index (κ1) is 14.4. The Kier molecular flexibility index (Phi) is 4.28. The maximum absolute atomic E-state index is 13.5. The number of amidine groups is 1. The molecule has 0 aliphatic heterocycles. The first-order chi connectivity index (χ1) is 8.30. The summed E-state index contributed by atoms with van der Waals surface area (Å²) in [7, 11) is 0. The van der Waals surface area contributed by atoms with Crippen LogP contribution in [-0.4, -0.2) is 17.0 Å². The fourth-order valence-corrected chi connectivity index (χ4v) is 1.57. The zero-order chi connectivity index (χ0) is 13.9. The van der Waals surface area contributed by atoms with Gasteiger partial charge in [0.05, 0.1) is 5.69 Å². The largest absolute Gasteiger partial charge is 0.409 e. The van der Waals surface area contributed by atoms with Gasteiger partial charge in [0.25, 0.3) is 0 Å². The van der Waals surface area contributed by atoms with Crippen LogP contribution in [0, 0.1) is 11.2 Å². The van der Waals surface area contributed by atoms with E-state index in [-0.39, 0.29) is 11.5 Å². The second-order valence-electron chi connectivity index (χ2n) is 4.16. The Morgan fingerprint density at radius 2 is 2.17 bits per heavy atom. The average molecular weight is 318 g/mol. The number of benzene rings is 1. The van der Waals surface area contributed by atoms with E-state index in [1.165, 1.54) is 26.0 Å². The molecule has 0 bridgehead atoms. The second kappa shape index (κ2) is 5.34. The molecule has 1 rings (SSSR count). The lowest BCUT2D eigenvalue weighted by Gasteiger charge is -2.22. The molecule has 0 spiro atoms. The summed E-state index contributed by atoms with van der Waals surface area (Å²) in [4.78, 5) is 12.0. The van der Waals surface area contributed by atoms with Gasteiger partial charge in [-0.05, 0) is 41.9 Å². The molecule has 0 heterocycles. The van der Waals surface area contributed by atoms with Crippen LogP contribution in [0.4, 0.5) is 10.1 Å². The molecule has 0 aliphatic carbocycles. The number of nitrogens with two attached hydrogens (primary N) is 1. The van der Waals surface area contributed by atoms with Gasteiger partial charge in [-0.15, -0.1) is 0 Å². The summed E-state index contributed by atoms with van der Waals surface area (Å²) in [5.74, 6) is -1.41. The van der Waals surface area contributed by atoms with Crippen LogP contribution in [0.25, 0.3) is 0 Å². The van der Waals surface area contributed by atoms with Gasteiger partial charge in [0, 0.05) is 4.47 Å². The molecule has 0 aliphatic rings. The minimum Gasteiger partial charge on any atom is -0.409 e. The van der Waals surface area contributed by atoms with Gasteiger partial charge in [-0.3, -0.25) is 4.79 Å². The number of hydrogen-bond donors (Lipinski definition) is 3. The van der Waals surface area contributed by atoms with Crippen molar-refractivity contribution in [2.45, 2.75) is 13.8 Å². The van der Waals surface area contributed by atoms with Crippen molar-refractivity contribution < 1.29 is 14.4 Å². The summed E-state index contributed by atoms with van der Waals surface area (Å²) in [5, 5.41) is 13.8. The molecule has 4 N–H and O–H groups in total. The first-order valence-corrected chi connectivity index (χ1v) is 5.83. The molecule has 98 valence electrons. The van der Waals surface area contributed by atoms with Crippen LogP contribution in [0.1, 0.15) is 13.8 Å². The third-order valence-corrected chi connectivity index (χ3v) is 3.18. The highest BCUT2D eigenvalue weighted by Crippen LogP contribution is 2.27. The summed E-state index contributed by atoms with van der Waals surface area (Å²) in [5.41, 5.74) is 4.18. The lowest BCUT2D eigenvalue weighted by molar-refractivity contribution is -0.121. The van der Waals surface area contributed by atoms with Crippen LogP contribution in [-0.2, 0) is 4.79 Å². The summed E-state index contributed by atoms with van der Waals surface area (Å²) in [6.07, 6.45) is 0. The van der Waals surface area contributed by atoms with Crippen LogP contribution in [0.5, 0.6) is 0 Å². The third kappa shape index (κ3) is 2.79. The fraction of sp³-hybridized carbons (Fsp3) is 0.273. The van der Waals surface area contributed by atoms with E-state index in [1.54, 1.807) is 6.07 Å². The summed E-state index contributed by atoms with van der Waals surface area (Å²) < 4.78 is 13.9. The van der Waals surface area contributed by atoms with Gasteiger partial charge in [-0.2, -0.15) is 0 Å². The van der Waals surface area contributed by atoms with Gasteiger partial charge in [0.15, 0.2) is 5.84 Å². The normalized spacial score (nSPS) is 12.3. The third-order valence-electron chi connectivity index (χ3n) is 2.52. The number of carbonyl (C=O) groups is 1. The molecule has 0 saturated carbocycles. The molecule has 5 nitrogen and oxygen atoms in total. The smallest absolute Gasteiger partial charge is 0.237 e. The van der Waals surface area contributed by atoms with Gasteiger partial charge < -0.3 is 16.3 Å². The number of carbonyl (C=O) groups excluding carboxylic acids is 1. The number of amides is 1. The highest BCUT2D eigenvalue weighted by Gasteiger charge is 2.33. The van der Waals surface area contributed by atoms with Crippen LogP contribution < -0.4 is 11.1 Å². The Labute approximate surface area is 112 Å². The van der Waals surface area contributed by atoms with E-state index in [4.69, 9.17) is 10.9 Å². The quantitative estimate of drug-likeness (QED) is 0.346. The topological polar surface area (TPSA) is 87.7 Å². The van der Waals surface area contributed by atoms with Crippen molar-refractivity contribution in [2.24, 2.45) is 16.3 Å². The van der Waals surface area contributed by atoms with Gasteiger partial charge in [-0.25, -0.2) is 4.39 Å². The molecular formula is C11H13BrFN3O2. The van der Waals surface area contributed by atoms with Crippen LogP contribution in [0.2, 0.25) is 0 Å². The molecule has 0 atom stereocenters. The molecule has 0 aromatic heterocycles. The molecule has 1 aromatic carbocycles. The van der Waals surface area contributed by atoms with Crippen molar-refractivity contribution in [3.05, 3.63) is 28.5 Å². The Hall–Kier alpha value is -1.63. The Morgan fingerprint density at radius 3 is 2.67 bits per heavy atom. The molecular weight excluding hydrogens is 305 g/mol. The number of oxime groups is 1. The van der Waals surface area contributed by atoms with Crippen LogP contribution in [0.3, 0.4) is 0 Å². The number of rotatable bonds is 3. The zero-order valence-corrected chi connectivity index (χ0v) is 11.5. The van der Waals surface area contributed by atoms with Crippen LogP contribution >= 0.6 is 15.9 Å². The summed E-state index contributed by atoms with van der Waals surface area (Å²) >= 11 is 3.13. The molecule has 0 saturated heterocycles. The minimum absolute atomic E-state index is 0.0151. The second-order valence-corrected chi connectivity index (χ2v) is 5.02. The van der Waals surface area contributed by atoms with Gasteiger partial charge in [-0.1, -0.05) is 11.2 Å². The number of anilines is 1. The molecule has 1 aromatic rings. The molecule has 0 radical (unpaired) electrons. The maximum atomic E-state index is 13.5. The number of nitrogens with zero attached hydrogens (tertiary/aromatic N) is 1. The highest BCUT2D eigenvalue weighted by molar-refractivity contribution is 9.10. The standard InChI is InChI=1S/C11H13BrFN3O2/c1-11(2,9(14)16-18)10(17)15-8-6(12)4-3-5-7(8)13/h3-5,18H,1-2H3,(H2,14,16)(H,15,17). The molecule has 18 heavy (non-hydrogen) atoms. The van der Waals surface area contributed by atoms with Gasteiger partial charge in [0.2, 0.25) is 5.91 Å². The van der Waals surface area contributed by atoms with Gasteiger partial charge in [0.1, 0.15) is 11.2 Å². The predicted molar refractivity (Wildman–Crippen MR) is 69.9 cm³/mol. The van der Waals surface area contributed by atoms with Crippen molar-refractivity contribution in [3.63, 3.8) is 0 Å². The lowest BCUT2D eigenvalue weighted by Crippen LogP contribution is -2.42. The van der Waals surface area contributed by atoms with Crippen molar-refractivity contribution in [1.82, 2.24) is 0 Å². The van der Waals surface area contributed by atoms with Crippen LogP contribution in [0.15, 0.2) is 27.8 Å². The predicted octanol–water partition coefficient (Wildman–Crippen LogP) is 2.30. The summed E-state index contributed by atoms with van der Waals surface area (Å²) in [6, 6.07) is 4.32. The van der Waals surface area contributed by atoms with E-state index < -0.39 is 17.1 Å².